The van der Waals surface area contributed by atoms with Gasteiger partial charge in [-0.3, -0.25) is 19.7 Å². The van der Waals surface area contributed by atoms with Crippen molar-refractivity contribution in [2.45, 2.75) is 69.3 Å². The van der Waals surface area contributed by atoms with E-state index in [0.717, 1.165) is 5.56 Å². The summed E-state index contributed by atoms with van der Waals surface area (Å²) in [5, 5.41) is 24.3. The molecule has 0 aliphatic carbocycles. The van der Waals surface area contributed by atoms with Gasteiger partial charge in [0.15, 0.2) is 0 Å². The first-order valence-electron chi connectivity index (χ1n) is 11.3. The number of hydrogen-bond donors (Lipinski definition) is 4. The molecule has 2 heterocycles. The average molecular weight is 462 g/mol. The lowest BCUT2D eigenvalue weighted by Gasteiger charge is -2.28. The summed E-state index contributed by atoms with van der Waals surface area (Å²) >= 11 is 0. The third kappa shape index (κ3) is 6.52. The predicted octanol–water partition coefficient (Wildman–Crippen LogP) is 0.400. The second-order valence-electron chi connectivity index (χ2n) is 8.59. The molecule has 1 aromatic rings. The molecule has 1 amide bonds. The number of aryl methyl sites for hydroxylation is 1. The minimum absolute atomic E-state index is 0.176. The van der Waals surface area contributed by atoms with Gasteiger partial charge in [-0.2, -0.15) is 0 Å². The van der Waals surface area contributed by atoms with E-state index in [1.165, 1.54) is 4.90 Å². The average Bonchev–Trinajstić information content (AvgIpc) is 3.46. The Hall–Kier alpha value is -2.98. The number of esters is 1. The molecule has 4 N–H and O–H groups in total. The van der Waals surface area contributed by atoms with E-state index < -0.39 is 48.2 Å². The number of benzene rings is 1. The Kier molecular flexibility index (Phi) is 8.40. The number of likely N-dealkylation sites (tertiary alicyclic amines) is 1. The molecule has 0 unspecified atom stereocenters. The van der Waals surface area contributed by atoms with Crippen molar-refractivity contribution in [1.82, 2.24) is 15.5 Å². The second-order valence-corrected chi connectivity index (χ2v) is 8.59. The maximum absolute atomic E-state index is 13.0. The predicted molar refractivity (Wildman–Crippen MR) is 117 cm³/mol. The van der Waals surface area contributed by atoms with Gasteiger partial charge in [0.1, 0.15) is 24.2 Å². The molecule has 33 heavy (non-hydrogen) atoms. The van der Waals surface area contributed by atoms with Crippen LogP contribution in [-0.4, -0.2) is 82.3 Å². The van der Waals surface area contributed by atoms with Crippen LogP contribution in [0.4, 0.5) is 0 Å². The Labute approximate surface area is 192 Å². The van der Waals surface area contributed by atoms with Crippen LogP contribution in [0, 0.1) is 0 Å². The van der Waals surface area contributed by atoms with Crippen molar-refractivity contribution in [2.75, 3.05) is 13.1 Å². The molecule has 1 aromatic carbocycles. The molecule has 0 radical (unpaired) electrons. The highest BCUT2D eigenvalue weighted by molar-refractivity contribution is 5.88. The molecular weight excluding hydrogens is 430 g/mol. The molecule has 10 heteroatoms. The van der Waals surface area contributed by atoms with Crippen molar-refractivity contribution in [2.24, 2.45) is 0 Å². The molecule has 2 fully saturated rings. The molecule has 2 aliphatic heterocycles. The van der Waals surface area contributed by atoms with E-state index in [9.17, 15) is 24.3 Å². The number of carboxylic acid groups (broad SMARTS) is 2. The Balaban J connectivity index is 1.65. The Bertz CT molecular complexity index is 863. The van der Waals surface area contributed by atoms with E-state index in [2.05, 4.69) is 10.6 Å². The number of rotatable bonds is 10. The summed E-state index contributed by atoms with van der Waals surface area (Å²) in [6.07, 6.45) is 1.57. The molecular formula is C23H31N3O7. The van der Waals surface area contributed by atoms with Crippen LogP contribution in [-0.2, 0) is 30.3 Å². The fraction of sp³-hybridized carbons (Fsp3) is 0.565. The van der Waals surface area contributed by atoms with E-state index in [1.54, 1.807) is 6.92 Å². The van der Waals surface area contributed by atoms with Crippen LogP contribution in [0.25, 0.3) is 0 Å². The summed E-state index contributed by atoms with van der Waals surface area (Å²) < 4.78 is 5.56. The van der Waals surface area contributed by atoms with Gasteiger partial charge in [-0.05, 0) is 38.2 Å². The zero-order valence-electron chi connectivity index (χ0n) is 18.6. The van der Waals surface area contributed by atoms with Crippen LogP contribution in [0.1, 0.15) is 38.2 Å². The molecule has 10 nitrogen and oxygen atoms in total. The minimum atomic E-state index is -1.03. The fourth-order valence-corrected chi connectivity index (χ4v) is 4.36. The van der Waals surface area contributed by atoms with Crippen LogP contribution < -0.4 is 10.6 Å². The zero-order chi connectivity index (χ0) is 24.0. The second kappa shape index (κ2) is 11.2. The number of carboxylic acids is 2. The van der Waals surface area contributed by atoms with Gasteiger partial charge >= 0.3 is 17.9 Å². The summed E-state index contributed by atoms with van der Waals surface area (Å²) in [6, 6.07) is 6.38. The highest BCUT2D eigenvalue weighted by atomic mass is 16.5. The minimum Gasteiger partial charge on any atom is -0.480 e. The number of carbonyl (C=O) groups excluding carboxylic acids is 2. The van der Waals surface area contributed by atoms with Gasteiger partial charge in [0.05, 0.1) is 6.04 Å². The number of nitrogens with zero attached hydrogens (tertiary/aromatic N) is 1. The van der Waals surface area contributed by atoms with Crippen LogP contribution in [0.3, 0.4) is 0 Å². The molecule has 180 valence electrons. The number of ether oxygens (including phenoxy) is 1. The van der Waals surface area contributed by atoms with Gasteiger partial charge in [0.2, 0.25) is 5.91 Å². The molecule has 2 aliphatic rings. The quantitative estimate of drug-likeness (QED) is 0.364. The van der Waals surface area contributed by atoms with E-state index >= 15 is 0 Å². The third-order valence-corrected chi connectivity index (χ3v) is 6.16. The Morgan fingerprint density at radius 3 is 2.55 bits per heavy atom. The van der Waals surface area contributed by atoms with Gasteiger partial charge in [-0.1, -0.05) is 30.3 Å². The summed E-state index contributed by atoms with van der Waals surface area (Å²) in [7, 11) is 0. The Morgan fingerprint density at radius 2 is 1.91 bits per heavy atom. The first-order valence-corrected chi connectivity index (χ1v) is 11.3. The van der Waals surface area contributed by atoms with Crippen LogP contribution >= 0.6 is 0 Å². The first-order chi connectivity index (χ1) is 15.8. The maximum Gasteiger partial charge on any atom is 0.326 e. The van der Waals surface area contributed by atoms with Crippen molar-refractivity contribution < 1.29 is 34.1 Å². The van der Waals surface area contributed by atoms with E-state index in [1.807, 2.05) is 30.3 Å². The van der Waals surface area contributed by atoms with Crippen molar-refractivity contribution >= 4 is 23.8 Å². The summed E-state index contributed by atoms with van der Waals surface area (Å²) in [5.41, 5.74) is 1.02. The number of aliphatic carboxylic acids is 2. The number of hydrogen-bond acceptors (Lipinski definition) is 7. The van der Waals surface area contributed by atoms with Crippen molar-refractivity contribution in [3.05, 3.63) is 35.9 Å². The maximum atomic E-state index is 13.0. The molecule has 3 rings (SSSR count). The number of nitrogens with one attached hydrogen (secondary N) is 2. The number of amides is 1. The zero-order valence-corrected chi connectivity index (χ0v) is 18.6. The van der Waals surface area contributed by atoms with Gasteiger partial charge in [0.25, 0.3) is 0 Å². The summed E-state index contributed by atoms with van der Waals surface area (Å²) in [5.74, 6) is -2.95. The molecule has 0 saturated carbocycles. The topological polar surface area (TPSA) is 145 Å². The fourth-order valence-electron chi connectivity index (χ4n) is 4.36. The van der Waals surface area contributed by atoms with Crippen molar-refractivity contribution in [3.8, 4) is 0 Å². The van der Waals surface area contributed by atoms with Crippen LogP contribution in [0.15, 0.2) is 30.3 Å². The first kappa shape index (κ1) is 24.7. The monoisotopic (exact) mass is 461 g/mol. The van der Waals surface area contributed by atoms with Crippen LogP contribution in [0.2, 0.25) is 0 Å². The molecule has 0 aromatic heterocycles. The molecule has 0 spiro atoms. The lowest BCUT2D eigenvalue weighted by atomic mass is 10.0. The van der Waals surface area contributed by atoms with E-state index in [0.29, 0.717) is 32.2 Å². The summed E-state index contributed by atoms with van der Waals surface area (Å²) in [6.45, 7) is 2.22. The molecule has 2 saturated heterocycles. The van der Waals surface area contributed by atoms with Crippen LogP contribution in [0.5, 0.6) is 0 Å². The van der Waals surface area contributed by atoms with Crippen molar-refractivity contribution in [3.63, 3.8) is 0 Å². The Morgan fingerprint density at radius 1 is 1.18 bits per heavy atom. The highest BCUT2D eigenvalue weighted by Gasteiger charge is 2.38. The lowest BCUT2D eigenvalue weighted by Crippen LogP contribution is -2.53. The molecule has 5 atom stereocenters. The van der Waals surface area contributed by atoms with E-state index in [-0.39, 0.29) is 18.9 Å². The SMILES string of the molecule is C[C@H](N[C@@H](CCc1ccccc1)C(=O)O[C@H]1CN[C@H](C(=O)O)C1)C(=O)N1CCC[C@H]1C(=O)O. The van der Waals surface area contributed by atoms with Gasteiger partial charge < -0.3 is 25.2 Å². The lowest BCUT2D eigenvalue weighted by molar-refractivity contribution is -0.153. The summed E-state index contributed by atoms with van der Waals surface area (Å²) in [4.78, 5) is 49.9. The highest BCUT2D eigenvalue weighted by Crippen LogP contribution is 2.19. The third-order valence-electron chi connectivity index (χ3n) is 6.16. The molecule has 0 bridgehead atoms. The number of carbonyl (C=O) groups is 4. The van der Waals surface area contributed by atoms with Gasteiger partial charge in [0, 0.05) is 19.5 Å². The largest absolute Gasteiger partial charge is 0.480 e. The van der Waals surface area contributed by atoms with Gasteiger partial charge in [-0.15, -0.1) is 0 Å². The smallest absolute Gasteiger partial charge is 0.326 e. The van der Waals surface area contributed by atoms with Gasteiger partial charge in [-0.25, -0.2) is 4.79 Å². The van der Waals surface area contributed by atoms with Crippen molar-refractivity contribution in [1.29, 1.82) is 0 Å². The normalized spacial score (nSPS) is 24.3. The van der Waals surface area contributed by atoms with E-state index in [4.69, 9.17) is 9.84 Å². The standard InChI is InChI=1S/C23H31N3O7/c1-14(20(27)26-11-5-8-19(26)22(30)31)25-17(10-9-15-6-3-2-4-7-15)23(32)33-16-12-18(21(28)29)24-13-16/h2-4,6-7,14,16-19,24-25H,5,8-13H2,1H3,(H,28,29)(H,30,31)/t14-,16+,17-,18-,19-/m0/s1.